The number of carbonyl (C=O) groups excluding carboxylic acids is 3. The Morgan fingerprint density at radius 2 is 1.45 bits per heavy atom. The average molecular weight is 597 g/mol. The Balaban J connectivity index is 1.22. The van der Waals surface area contributed by atoms with Gasteiger partial charge in [0, 0.05) is 13.0 Å². The molecule has 0 spiro atoms. The molecule has 2 atom stereocenters. The number of alkyl halides is 1. The van der Waals surface area contributed by atoms with Gasteiger partial charge in [-0.1, -0.05) is 82.7 Å². The normalized spacial score (nSPS) is 24.1. The van der Waals surface area contributed by atoms with Crippen molar-refractivity contribution in [3.63, 3.8) is 0 Å². The van der Waals surface area contributed by atoms with Gasteiger partial charge in [-0.25, -0.2) is 4.68 Å². The minimum absolute atomic E-state index is 0.115. The van der Waals surface area contributed by atoms with Gasteiger partial charge in [0.05, 0.1) is 27.5 Å². The maximum absolute atomic E-state index is 14.0. The van der Waals surface area contributed by atoms with E-state index in [1.54, 1.807) is 30.8 Å². The average Bonchev–Trinajstić information content (AvgIpc) is 3.34. The molecule has 1 fully saturated rings. The molecule has 8 rings (SSSR count). The molecule has 3 aliphatic carbocycles. The van der Waals surface area contributed by atoms with Gasteiger partial charge in [0.25, 0.3) is 5.56 Å². The lowest BCUT2D eigenvalue weighted by Crippen LogP contribution is -2.50. The first kappa shape index (κ1) is 24.8. The Morgan fingerprint density at radius 3 is 2.08 bits per heavy atom. The minimum Gasteiger partial charge on any atom is -0.318 e. The van der Waals surface area contributed by atoms with E-state index in [1.807, 2.05) is 66.7 Å². The number of nitrogens with zero attached hydrogens (tertiary/aromatic N) is 3. The molecular formula is C31H25BrN4O4. The molecule has 1 aliphatic heterocycles. The van der Waals surface area contributed by atoms with E-state index in [-0.39, 0.29) is 23.4 Å². The Hall–Kier alpha value is -4.24. The minimum atomic E-state index is -0.878. The van der Waals surface area contributed by atoms with Crippen LogP contribution in [0.5, 0.6) is 0 Å². The predicted octanol–water partition coefficient (Wildman–Crippen LogP) is 3.82. The lowest BCUT2D eigenvalue weighted by atomic mass is 9.55. The molecule has 0 saturated carbocycles. The third-order valence-corrected chi connectivity index (χ3v) is 10.1. The predicted molar refractivity (Wildman–Crippen MR) is 153 cm³/mol. The van der Waals surface area contributed by atoms with E-state index < -0.39 is 34.2 Å². The van der Waals surface area contributed by atoms with Crippen molar-refractivity contribution in [1.82, 2.24) is 14.3 Å². The summed E-state index contributed by atoms with van der Waals surface area (Å²) >= 11 is 3.96. The van der Waals surface area contributed by atoms with Gasteiger partial charge < -0.3 is 5.32 Å². The first-order valence-corrected chi connectivity index (χ1v) is 13.9. The van der Waals surface area contributed by atoms with Crippen LogP contribution in [0, 0.1) is 18.8 Å². The van der Waals surface area contributed by atoms with Crippen LogP contribution in [0.1, 0.15) is 33.9 Å². The molecule has 1 aromatic heterocycles. The van der Waals surface area contributed by atoms with Crippen LogP contribution in [0.2, 0.25) is 0 Å². The highest BCUT2D eigenvalue weighted by molar-refractivity contribution is 9.09. The van der Waals surface area contributed by atoms with Crippen molar-refractivity contribution >= 4 is 39.3 Å². The van der Waals surface area contributed by atoms with Crippen molar-refractivity contribution in [3.05, 3.63) is 117 Å². The van der Waals surface area contributed by atoms with Crippen LogP contribution >= 0.6 is 15.9 Å². The van der Waals surface area contributed by atoms with Crippen molar-refractivity contribution in [2.45, 2.75) is 17.2 Å². The number of rotatable bonds is 4. The molecular weight excluding hydrogens is 572 g/mol. The van der Waals surface area contributed by atoms with Crippen molar-refractivity contribution in [2.24, 2.45) is 18.9 Å². The van der Waals surface area contributed by atoms with E-state index in [4.69, 9.17) is 0 Å². The molecule has 9 heteroatoms. The fourth-order valence-electron chi connectivity index (χ4n) is 6.93. The number of likely N-dealkylation sites (tertiary alicyclic amines) is 1. The summed E-state index contributed by atoms with van der Waals surface area (Å²) in [5.74, 6) is -2.94. The quantitative estimate of drug-likeness (QED) is 0.286. The molecule has 0 radical (unpaired) electrons. The molecule has 200 valence electrons. The smallest absolute Gasteiger partial charge is 0.295 e. The topological polar surface area (TPSA) is 93.4 Å². The third-order valence-electron chi connectivity index (χ3n) is 8.73. The van der Waals surface area contributed by atoms with Crippen LogP contribution in [0.4, 0.5) is 5.69 Å². The summed E-state index contributed by atoms with van der Waals surface area (Å²) in [5, 5.41) is 2.69. The summed E-state index contributed by atoms with van der Waals surface area (Å²) in [6, 6.07) is 24.9. The highest BCUT2D eigenvalue weighted by Gasteiger charge is 2.67. The van der Waals surface area contributed by atoms with Gasteiger partial charge in [0.2, 0.25) is 17.7 Å². The second-order valence-corrected chi connectivity index (χ2v) is 11.9. The number of aromatic nitrogens is 2. The van der Waals surface area contributed by atoms with Gasteiger partial charge in [-0.15, -0.1) is 0 Å². The Labute approximate surface area is 238 Å². The zero-order chi connectivity index (χ0) is 27.9. The standard InChI is InChI=1S/C31H25BrN4O4/c1-17-27(30(40)36(34(17)2)18-10-4-3-5-11-18)33-23(37)16-35-28(38)25-24-19-12-6-8-14-21(19)31(32,26(25)29(35)39)22-15-9-7-13-20(22)24/h3-15,24-26H,16H2,1-2H3,(H,33,37)/t24?,25-,26-,31?/m0/s1. The van der Waals surface area contributed by atoms with E-state index in [1.165, 1.54) is 4.68 Å². The van der Waals surface area contributed by atoms with Gasteiger partial charge in [0.15, 0.2) is 0 Å². The second-order valence-electron chi connectivity index (χ2n) is 10.6. The fourth-order valence-corrected chi connectivity index (χ4v) is 8.13. The molecule has 40 heavy (non-hydrogen) atoms. The number of hydrogen-bond donors (Lipinski definition) is 1. The Bertz CT molecular complexity index is 1760. The second kappa shape index (κ2) is 8.63. The van der Waals surface area contributed by atoms with Crippen LogP contribution < -0.4 is 10.9 Å². The zero-order valence-corrected chi connectivity index (χ0v) is 23.4. The summed E-state index contributed by atoms with van der Waals surface area (Å²) in [7, 11) is 1.73. The number of nitrogens with one attached hydrogen (secondary N) is 1. The van der Waals surface area contributed by atoms with Crippen LogP contribution in [-0.2, 0) is 25.8 Å². The van der Waals surface area contributed by atoms with Crippen molar-refractivity contribution < 1.29 is 14.4 Å². The number of imide groups is 1. The summed E-state index contributed by atoms with van der Waals surface area (Å²) < 4.78 is 2.25. The molecule has 2 bridgehead atoms. The number of benzene rings is 3. The molecule has 2 heterocycles. The lowest BCUT2D eigenvalue weighted by Gasteiger charge is -2.51. The molecule has 4 aliphatic rings. The monoisotopic (exact) mass is 596 g/mol. The third kappa shape index (κ3) is 3.12. The van der Waals surface area contributed by atoms with E-state index in [2.05, 4.69) is 21.2 Å². The van der Waals surface area contributed by atoms with Crippen LogP contribution in [0.25, 0.3) is 5.69 Å². The van der Waals surface area contributed by atoms with Gasteiger partial charge >= 0.3 is 0 Å². The lowest BCUT2D eigenvalue weighted by molar-refractivity contribution is -0.142. The maximum Gasteiger partial charge on any atom is 0.295 e. The first-order valence-electron chi connectivity index (χ1n) is 13.1. The largest absolute Gasteiger partial charge is 0.318 e. The van der Waals surface area contributed by atoms with E-state index in [9.17, 15) is 19.2 Å². The summed E-state index contributed by atoms with van der Waals surface area (Å²) in [5.41, 5.74) is 4.94. The van der Waals surface area contributed by atoms with Crippen LogP contribution in [0.15, 0.2) is 83.7 Å². The van der Waals surface area contributed by atoms with E-state index >= 15 is 0 Å². The van der Waals surface area contributed by atoms with Crippen molar-refractivity contribution in [3.8, 4) is 5.69 Å². The molecule has 8 nitrogen and oxygen atoms in total. The number of amides is 3. The van der Waals surface area contributed by atoms with E-state index in [0.717, 1.165) is 27.2 Å². The van der Waals surface area contributed by atoms with Gasteiger partial charge in [-0.05, 0) is 41.3 Å². The molecule has 0 unspecified atom stereocenters. The molecule has 4 aromatic rings. The van der Waals surface area contributed by atoms with Crippen LogP contribution in [0.3, 0.4) is 0 Å². The zero-order valence-electron chi connectivity index (χ0n) is 21.8. The number of para-hydroxylation sites is 1. The van der Waals surface area contributed by atoms with E-state index in [0.29, 0.717) is 11.4 Å². The van der Waals surface area contributed by atoms with Gasteiger partial charge in [-0.2, -0.15) is 0 Å². The Kier molecular flexibility index (Phi) is 5.34. The summed E-state index contributed by atoms with van der Waals surface area (Å²) in [6.45, 7) is 1.27. The first-order chi connectivity index (χ1) is 19.2. The SMILES string of the molecule is Cc1c(NC(=O)CN2C(=O)[C@@H]3[C@@H](C2=O)C2c4ccccc4C3(Br)c3ccccc32)c(=O)n(-c2ccccc2)n1C. The number of carbonyl (C=O) groups is 3. The number of halogens is 1. The van der Waals surface area contributed by atoms with Crippen molar-refractivity contribution in [1.29, 1.82) is 0 Å². The molecule has 1 saturated heterocycles. The van der Waals surface area contributed by atoms with Gasteiger partial charge in [-0.3, -0.25) is 28.8 Å². The highest BCUT2D eigenvalue weighted by atomic mass is 79.9. The fraction of sp³-hybridized carbons (Fsp3) is 0.226. The number of hydrogen-bond acceptors (Lipinski definition) is 4. The summed E-state index contributed by atoms with van der Waals surface area (Å²) in [6.07, 6.45) is 0. The number of anilines is 1. The molecule has 3 amide bonds. The maximum atomic E-state index is 14.0. The van der Waals surface area contributed by atoms with Gasteiger partial charge in [0.1, 0.15) is 12.2 Å². The Morgan fingerprint density at radius 1 is 0.875 bits per heavy atom. The van der Waals surface area contributed by atoms with Crippen LogP contribution in [-0.4, -0.2) is 38.5 Å². The highest BCUT2D eigenvalue weighted by Crippen LogP contribution is 2.66. The molecule has 3 aromatic carbocycles. The van der Waals surface area contributed by atoms with Crippen molar-refractivity contribution in [2.75, 3.05) is 11.9 Å². The molecule has 1 N–H and O–H groups in total. The summed E-state index contributed by atoms with van der Waals surface area (Å²) in [4.78, 5) is 55.5.